The van der Waals surface area contributed by atoms with Gasteiger partial charge in [-0.1, -0.05) is 76.5 Å². The Morgan fingerprint density at radius 1 is 0.682 bits per heavy atom. The van der Waals surface area contributed by atoms with Gasteiger partial charge in [-0.2, -0.15) is 0 Å². The minimum Gasteiger partial charge on any atom is -0.478 e. The molecule has 0 amide bonds. The Morgan fingerprint density at radius 3 is 1.55 bits per heavy atom. The average Bonchev–Trinajstić information content (AvgIpc) is 2.50. The fourth-order valence-corrected chi connectivity index (χ4v) is 2.52. The summed E-state index contributed by atoms with van der Waals surface area (Å²) in [6.07, 6.45) is 25.5. The van der Waals surface area contributed by atoms with E-state index in [1.165, 1.54) is 83.1 Å². The largest absolute Gasteiger partial charge is 0.478 e. The van der Waals surface area contributed by atoms with E-state index in [0.717, 1.165) is 12.8 Å². The summed E-state index contributed by atoms with van der Waals surface area (Å²) < 4.78 is 0. The Bertz CT molecular complexity index is 292. The van der Waals surface area contributed by atoms with Crippen molar-refractivity contribution in [2.45, 2.75) is 96.8 Å². The molecule has 0 aromatic carbocycles. The van der Waals surface area contributed by atoms with Crippen LogP contribution in [0.15, 0.2) is 24.3 Å². The molecule has 0 spiro atoms. The third kappa shape index (κ3) is 18.9. The van der Waals surface area contributed by atoms with Crippen LogP contribution in [0.25, 0.3) is 0 Å². The molecule has 128 valence electrons. The first-order chi connectivity index (χ1) is 10.8. The molecule has 0 aliphatic rings. The second kappa shape index (κ2) is 18.0. The molecule has 0 fully saturated rings. The molecule has 0 aliphatic heterocycles. The number of hydrogen-bond donors (Lipinski definition) is 1. The van der Waals surface area contributed by atoms with Crippen LogP contribution < -0.4 is 0 Å². The number of rotatable bonds is 16. The maximum absolute atomic E-state index is 10.3. The van der Waals surface area contributed by atoms with E-state index < -0.39 is 5.97 Å². The second-order valence-electron chi connectivity index (χ2n) is 6.11. The van der Waals surface area contributed by atoms with E-state index in [0.29, 0.717) is 0 Å². The molecule has 0 aromatic rings. The molecule has 0 atom stereocenters. The minimum atomic E-state index is -0.840. The number of carboxylic acids is 1. The van der Waals surface area contributed by atoms with Crippen LogP contribution in [0.3, 0.4) is 0 Å². The summed E-state index contributed by atoms with van der Waals surface area (Å²) in [5.41, 5.74) is 0. The van der Waals surface area contributed by atoms with Gasteiger partial charge in [-0.05, 0) is 38.5 Å². The zero-order chi connectivity index (χ0) is 16.3. The molecule has 0 saturated carbocycles. The van der Waals surface area contributed by atoms with Crippen molar-refractivity contribution < 1.29 is 9.90 Å². The van der Waals surface area contributed by atoms with Gasteiger partial charge in [0.05, 0.1) is 0 Å². The quantitative estimate of drug-likeness (QED) is 0.196. The van der Waals surface area contributed by atoms with Crippen molar-refractivity contribution in [3.8, 4) is 0 Å². The van der Waals surface area contributed by atoms with E-state index in [4.69, 9.17) is 5.11 Å². The van der Waals surface area contributed by atoms with Gasteiger partial charge in [-0.15, -0.1) is 0 Å². The molecule has 2 heteroatoms. The van der Waals surface area contributed by atoms with Gasteiger partial charge in [0.2, 0.25) is 0 Å². The standard InChI is InChI=1S/C20H36O2/c1-2-3-4-5-6-7-8-9-10-11-12-13-14-15-16-17-18-19-20(21)22/h9-10,18-19H,2-8,11-17H2,1H3,(H,21,22). The molecule has 0 aliphatic carbocycles. The predicted molar refractivity (Wildman–Crippen MR) is 96.2 cm³/mol. The fraction of sp³-hybridized carbons (Fsp3) is 0.750. The van der Waals surface area contributed by atoms with Gasteiger partial charge in [-0.25, -0.2) is 4.79 Å². The summed E-state index contributed by atoms with van der Waals surface area (Å²) in [6, 6.07) is 0. The molecular formula is C20H36O2. The van der Waals surface area contributed by atoms with Gasteiger partial charge in [-0.3, -0.25) is 0 Å². The van der Waals surface area contributed by atoms with E-state index in [1.807, 2.05) is 0 Å². The van der Waals surface area contributed by atoms with Gasteiger partial charge in [0.15, 0.2) is 0 Å². The van der Waals surface area contributed by atoms with Crippen LogP contribution in [0, 0.1) is 0 Å². The van der Waals surface area contributed by atoms with Crippen molar-refractivity contribution in [3.05, 3.63) is 24.3 Å². The fourth-order valence-electron chi connectivity index (χ4n) is 2.52. The van der Waals surface area contributed by atoms with Crippen molar-refractivity contribution in [2.75, 3.05) is 0 Å². The Morgan fingerprint density at radius 2 is 1.09 bits per heavy atom. The van der Waals surface area contributed by atoms with Gasteiger partial charge in [0.25, 0.3) is 0 Å². The first-order valence-electron chi connectivity index (χ1n) is 9.31. The van der Waals surface area contributed by atoms with E-state index in [2.05, 4.69) is 19.1 Å². The highest BCUT2D eigenvalue weighted by Gasteiger charge is 1.91. The molecule has 0 radical (unpaired) electrons. The number of aliphatic carboxylic acids is 1. The van der Waals surface area contributed by atoms with Crippen molar-refractivity contribution in [1.29, 1.82) is 0 Å². The molecule has 2 nitrogen and oxygen atoms in total. The van der Waals surface area contributed by atoms with Crippen molar-refractivity contribution in [1.82, 2.24) is 0 Å². The van der Waals surface area contributed by atoms with Gasteiger partial charge >= 0.3 is 5.97 Å². The molecule has 0 unspecified atom stereocenters. The number of carbonyl (C=O) groups is 1. The average molecular weight is 309 g/mol. The van der Waals surface area contributed by atoms with Crippen LogP contribution in [-0.4, -0.2) is 11.1 Å². The highest BCUT2D eigenvalue weighted by atomic mass is 16.4. The summed E-state index contributed by atoms with van der Waals surface area (Å²) in [4.78, 5) is 10.3. The Kier molecular flexibility index (Phi) is 17.1. The van der Waals surface area contributed by atoms with Crippen molar-refractivity contribution in [3.63, 3.8) is 0 Å². The molecule has 0 heterocycles. The summed E-state index contributed by atoms with van der Waals surface area (Å²) in [5, 5.41) is 8.45. The van der Waals surface area contributed by atoms with Gasteiger partial charge < -0.3 is 5.11 Å². The number of allylic oxidation sites excluding steroid dienone is 3. The maximum Gasteiger partial charge on any atom is 0.327 e. The molecule has 22 heavy (non-hydrogen) atoms. The zero-order valence-electron chi connectivity index (χ0n) is 14.6. The normalized spacial score (nSPS) is 11.7. The lowest BCUT2D eigenvalue weighted by molar-refractivity contribution is -0.131. The molecule has 0 saturated heterocycles. The Hall–Kier alpha value is -1.05. The van der Waals surface area contributed by atoms with Crippen molar-refractivity contribution >= 4 is 5.97 Å². The van der Waals surface area contributed by atoms with Gasteiger partial charge in [0, 0.05) is 6.08 Å². The first kappa shape index (κ1) is 20.9. The number of carboxylic acid groups (broad SMARTS) is 1. The predicted octanol–water partition coefficient (Wildman–Crippen LogP) is 6.66. The summed E-state index contributed by atoms with van der Waals surface area (Å²) in [7, 11) is 0. The molecular weight excluding hydrogens is 272 g/mol. The summed E-state index contributed by atoms with van der Waals surface area (Å²) in [6.45, 7) is 2.26. The Balaban J connectivity index is 3.12. The third-order valence-corrected chi connectivity index (χ3v) is 3.89. The molecule has 1 N–H and O–H groups in total. The summed E-state index contributed by atoms with van der Waals surface area (Å²) in [5.74, 6) is -0.840. The maximum atomic E-state index is 10.3. The smallest absolute Gasteiger partial charge is 0.327 e. The third-order valence-electron chi connectivity index (χ3n) is 3.89. The van der Waals surface area contributed by atoms with Gasteiger partial charge in [0.1, 0.15) is 0 Å². The number of unbranched alkanes of at least 4 members (excludes halogenated alkanes) is 12. The highest BCUT2D eigenvalue weighted by molar-refractivity contribution is 5.79. The van der Waals surface area contributed by atoms with E-state index >= 15 is 0 Å². The second-order valence-corrected chi connectivity index (χ2v) is 6.11. The molecule has 0 bridgehead atoms. The zero-order valence-corrected chi connectivity index (χ0v) is 14.6. The van der Waals surface area contributed by atoms with Crippen LogP contribution in [-0.2, 0) is 4.79 Å². The molecule has 0 rings (SSSR count). The lowest BCUT2D eigenvalue weighted by Crippen LogP contribution is -1.85. The lowest BCUT2D eigenvalue weighted by Gasteiger charge is -1.99. The van der Waals surface area contributed by atoms with Crippen LogP contribution in [0.2, 0.25) is 0 Å². The monoisotopic (exact) mass is 308 g/mol. The summed E-state index contributed by atoms with van der Waals surface area (Å²) >= 11 is 0. The molecule has 0 aromatic heterocycles. The first-order valence-corrected chi connectivity index (χ1v) is 9.31. The Labute approximate surface area is 137 Å². The van der Waals surface area contributed by atoms with E-state index in [9.17, 15) is 4.79 Å². The van der Waals surface area contributed by atoms with Crippen molar-refractivity contribution in [2.24, 2.45) is 0 Å². The SMILES string of the molecule is CCCCCCCCC=CCCCCCCCC=CC(=O)O. The van der Waals surface area contributed by atoms with E-state index in [-0.39, 0.29) is 0 Å². The van der Waals surface area contributed by atoms with E-state index in [1.54, 1.807) is 6.08 Å². The van der Waals surface area contributed by atoms with Crippen LogP contribution in [0.4, 0.5) is 0 Å². The highest BCUT2D eigenvalue weighted by Crippen LogP contribution is 2.10. The van der Waals surface area contributed by atoms with Crippen LogP contribution in [0.1, 0.15) is 96.8 Å². The van der Waals surface area contributed by atoms with Crippen LogP contribution >= 0.6 is 0 Å². The minimum absolute atomic E-state index is 0.840. The topological polar surface area (TPSA) is 37.3 Å². The van der Waals surface area contributed by atoms with Crippen LogP contribution in [0.5, 0.6) is 0 Å². The lowest BCUT2D eigenvalue weighted by atomic mass is 10.1. The number of hydrogen-bond acceptors (Lipinski definition) is 1.